The SMILES string of the molecule is O=CO.c1ccc(Cc2ncoc2-c2cccn2-c2ncccn2)cc1. The zero-order valence-electron chi connectivity index (χ0n) is 13.8. The molecule has 0 amide bonds. The van der Waals surface area contributed by atoms with Gasteiger partial charge >= 0.3 is 0 Å². The molecule has 130 valence electrons. The summed E-state index contributed by atoms with van der Waals surface area (Å²) in [4.78, 5) is 21.3. The Labute approximate surface area is 149 Å². The van der Waals surface area contributed by atoms with Gasteiger partial charge < -0.3 is 9.52 Å². The van der Waals surface area contributed by atoms with Crippen molar-refractivity contribution in [3.05, 3.63) is 84.8 Å². The third-order valence-corrected chi connectivity index (χ3v) is 3.60. The second-order valence-electron chi connectivity index (χ2n) is 5.21. The van der Waals surface area contributed by atoms with Crippen LogP contribution in [-0.2, 0) is 11.2 Å². The van der Waals surface area contributed by atoms with Crippen LogP contribution < -0.4 is 0 Å². The second-order valence-corrected chi connectivity index (χ2v) is 5.21. The third kappa shape index (κ3) is 3.84. The second kappa shape index (κ2) is 8.39. The lowest BCUT2D eigenvalue weighted by molar-refractivity contribution is -0.122. The fourth-order valence-electron chi connectivity index (χ4n) is 2.55. The maximum absolute atomic E-state index is 8.36. The summed E-state index contributed by atoms with van der Waals surface area (Å²) in [6, 6.07) is 15.9. The highest BCUT2D eigenvalue weighted by atomic mass is 16.3. The Morgan fingerprint density at radius 3 is 2.46 bits per heavy atom. The molecule has 4 aromatic rings. The van der Waals surface area contributed by atoms with Crippen LogP contribution in [0.4, 0.5) is 0 Å². The van der Waals surface area contributed by atoms with Crippen LogP contribution >= 0.6 is 0 Å². The highest BCUT2D eigenvalue weighted by Gasteiger charge is 2.16. The highest BCUT2D eigenvalue weighted by Crippen LogP contribution is 2.27. The van der Waals surface area contributed by atoms with Gasteiger partial charge in [0.05, 0.1) is 11.4 Å². The maximum atomic E-state index is 8.36. The van der Waals surface area contributed by atoms with E-state index in [1.807, 2.05) is 41.1 Å². The van der Waals surface area contributed by atoms with Crippen molar-refractivity contribution in [3.63, 3.8) is 0 Å². The number of nitrogens with zero attached hydrogens (tertiary/aromatic N) is 4. The Morgan fingerprint density at radius 1 is 1.00 bits per heavy atom. The predicted octanol–water partition coefficient (Wildman–Crippen LogP) is 3.21. The molecule has 0 saturated heterocycles. The van der Waals surface area contributed by atoms with Crippen LogP contribution in [0.5, 0.6) is 0 Å². The van der Waals surface area contributed by atoms with Crippen molar-refractivity contribution in [2.75, 3.05) is 0 Å². The largest absolute Gasteiger partial charge is 0.483 e. The van der Waals surface area contributed by atoms with Gasteiger partial charge in [0.1, 0.15) is 0 Å². The van der Waals surface area contributed by atoms with Crippen molar-refractivity contribution in [3.8, 4) is 17.4 Å². The molecular weight excluding hydrogens is 332 g/mol. The van der Waals surface area contributed by atoms with Gasteiger partial charge in [-0.15, -0.1) is 0 Å². The molecule has 0 spiro atoms. The number of hydrogen-bond acceptors (Lipinski definition) is 5. The van der Waals surface area contributed by atoms with E-state index in [0.717, 1.165) is 17.1 Å². The van der Waals surface area contributed by atoms with Gasteiger partial charge in [-0.25, -0.2) is 15.0 Å². The van der Waals surface area contributed by atoms with Gasteiger partial charge in [0.2, 0.25) is 5.95 Å². The normalized spacial score (nSPS) is 10.0. The molecule has 0 aliphatic heterocycles. The summed E-state index contributed by atoms with van der Waals surface area (Å²) >= 11 is 0. The van der Waals surface area contributed by atoms with E-state index in [0.29, 0.717) is 12.4 Å². The predicted molar refractivity (Wildman–Crippen MR) is 94.8 cm³/mol. The lowest BCUT2D eigenvalue weighted by atomic mass is 10.1. The fraction of sp³-hybridized carbons (Fsp3) is 0.0526. The Kier molecular flexibility index (Phi) is 5.51. The molecule has 7 nitrogen and oxygen atoms in total. The number of aromatic nitrogens is 4. The minimum atomic E-state index is -0.250. The quantitative estimate of drug-likeness (QED) is 0.569. The number of rotatable bonds is 4. The number of hydrogen-bond donors (Lipinski definition) is 1. The Hall–Kier alpha value is -3.74. The van der Waals surface area contributed by atoms with E-state index in [4.69, 9.17) is 14.3 Å². The summed E-state index contributed by atoms with van der Waals surface area (Å²) in [5.41, 5.74) is 2.98. The van der Waals surface area contributed by atoms with Gasteiger partial charge in [0, 0.05) is 25.0 Å². The van der Waals surface area contributed by atoms with Crippen molar-refractivity contribution >= 4 is 6.47 Å². The molecule has 26 heavy (non-hydrogen) atoms. The molecule has 3 heterocycles. The van der Waals surface area contributed by atoms with Crippen LogP contribution in [0.3, 0.4) is 0 Å². The summed E-state index contributed by atoms with van der Waals surface area (Å²) in [6.07, 6.45) is 7.55. The molecule has 7 heteroatoms. The molecule has 0 atom stereocenters. The standard InChI is InChI=1S/C18H14N4O.CH2O2/c1-2-6-14(7-3-1)12-15-17(23-13-21-15)16-8-4-11-22(16)18-19-9-5-10-20-18;2-1-3/h1-11,13H,12H2;1H,(H,2,3). The molecular formula is C19H16N4O3. The zero-order chi connectivity index (χ0) is 18.2. The Morgan fingerprint density at radius 2 is 1.73 bits per heavy atom. The van der Waals surface area contributed by atoms with E-state index in [1.54, 1.807) is 18.5 Å². The van der Waals surface area contributed by atoms with E-state index in [1.165, 1.54) is 12.0 Å². The van der Waals surface area contributed by atoms with Gasteiger partial charge in [-0.1, -0.05) is 30.3 Å². The van der Waals surface area contributed by atoms with Crippen molar-refractivity contribution in [1.82, 2.24) is 19.5 Å². The van der Waals surface area contributed by atoms with E-state index in [2.05, 4.69) is 27.1 Å². The van der Waals surface area contributed by atoms with Crippen LogP contribution in [0.2, 0.25) is 0 Å². The highest BCUT2D eigenvalue weighted by molar-refractivity contribution is 5.58. The monoisotopic (exact) mass is 348 g/mol. The zero-order valence-corrected chi connectivity index (χ0v) is 13.8. The molecule has 0 saturated carbocycles. The summed E-state index contributed by atoms with van der Waals surface area (Å²) < 4.78 is 7.55. The summed E-state index contributed by atoms with van der Waals surface area (Å²) in [5, 5.41) is 6.89. The summed E-state index contributed by atoms with van der Waals surface area (Å²) in [5.74, 6) is 1.35. The summed E-state index contributed by atoms with van der Waals surface area (Å²) in [7, 11) is 0. The van der Waals surface area contributed by atoms with Crippen molar-refractivity contribution in [1.29, 1.82) is 0 Å². The van der Waals surface area contributed by atoms with Crippen molar-refractivity contribution < 1.29 is 14.3 Å². The molecule has 0 unspecified atom stereocenters. The topological polar surface area (TPSA) is 94.0 Å². The minimum absolute atomic E-state index is 0.250. The molecule has 1 aromatic carbocycles. The van der Waals surface area contributed by atoms with E-state index >= 15 is 0 Å². The van der Waals surface area contributed by atoms with Crippen LogP contribution in [0.25, 0.3) is 17.4 Å². The van der Waals surface area contributed by atoms with Crippen LogP contribution in [0.1, 0.15) is 11.3 Å². The Bertz CT molecular complexity index is 949. The van der Waals surface area contributed by atoms with Gasteiger partial charge in [-0.2, -0.15) is 0 Å². The molecule has 0 radical (unpaired) electrons. The van der Waals surface area contributed by atoms with Gasteiger partial charge in [-0.3, -0.25) is 9.36 Å². The molecule has 0 bridgehead atoms. The molecule has 0 aliphatic rings. The van der Waals surface area contributed by atoms with Gasteiger partial charge in [0.25, 0.3) is 6.47 Å². The first-order chi connectivity index (χ1) is 12.8. The first kappa shape index (κ1) is 17.1. The van der Waals surface area contributed by atoms with Gasteiger partial charge in [-0.05, 0) is 23.8 Å². The number of oxazole rings is 1. The Balaban J connectivity index is 0.000000613. The average Bonchev–Trinajstić information content (AvgIpc) is 3.33. The lowest BCUT2D eigenvalue weighted by Gasteiger charge is -2.06. The first-order valence-corrected chi connectivity index (χ1v) is 7.82. The fourth-order valence-corrected chi connectivity index (χ4v) is 2.55. The smallest absolute Gasteiger partial charge is 0.290 e. The number of carboxylic acid groups (broad SMARTS) is 1. The average molecular weight is 348 g/mol. The van der Waals surface area contributed by atoms with Crippen LogP contribution in [-0.4, -0.2) is 31.1 Å². The molecule has 4 rings (SSSR count). The van der Waals surface area contributed by atoms with Crippen molar-refractivity contribution in [2.45, 2.75) is 6.42 Å². The maximum Gasteiger partial charge on any atom is 0.290 e. The van der Waals surface area contributed by atoms with E-state index in [9.17, 15) is 0 Å². The number of benzene rings is 1. The molecule has 0 aliphatic carbocycles. The lowest BCUT2D eigenvalue weighted by Crippen LogP contribution is -2.01. The van der Waals surface area contributed by atoms with Gasteiger partial charge in [0.15, 0.2) is 12.2 Å². The molecule has 1 N–H and O–H groups in total. The minimum Gasteiger partial charge on any atom is -0.483 e. The first-order valence-electron chi connectivity index (χ1n) is 7.82. The van der Waals surface area contributed by atoms with Crippen LogP contribution in [0, 0.1) is 0 Å². The van der Waals surface area contributed by atoms with E-state index in [-0.39, 0.29) is 6.47 Å². The number of carbonyl (C=O) groups is 1. The van der Waals surface area contributed by atoms with Crippen molar-refractivity contribution in [2.24, 2.45) is 0 Å². The van der Waals surface area contributed by atoms with Crippen LogP contribution in [0.15, 0.2) is 77.9 Å². The molecule has 3 aromatic heterocycles. The van der Waals surface area contributed by atoms with E-state index < -0.39 is 0 Å². The summed E-state index contributed by atoms with van der Waals surface area (Å²) in [6.45, 7) is -0.250. The molecule has 0 fully saturated rings. The third-order valence-electron chi connectivity index (χ3n) is 3.60.